The summed E-state index contributed by atoms with van der Waals surface area (Å²) in [6.45, 7) is 1.63. The summed E-state index contributed by atoms with van der Waals surface area (Å²) in [5.74, 6) is -3.10. The molecule has 0 aliphatic carbocycles. The Labute approximate surface area is 241 Å². The smallest absolute Gasteiger partial charge is 0.308 e. The molecule has 40 heavy (non-hydrogen) atoms. The zero-order chi connectivity index (χ0) is 28.1. The normalized spacial score (nSPS) is 19.9. The summed E-state index contributed by atoms with van der Waals surface area (Å²) in [6.07, 6.45) is 0. The van der Waals surface area contributed by atoms with Gasteiger partial charge in [-0.1, -0.05) is 64.5 Å². The third-order valence-corrected chi connectivity index (χ3v) is 9.86. The van der Waals surface area contributed by atoms with Gasteiger partial charge in [-0.15, -0.1) is 0 Å². The highest BCUT2D eigenvalue weighted by Crippen LogP contribution is 2.53. The summed E-state index contributed by atoms with van der Waals surface area (Å²) in [6, 6.07) is 19.4. The third kappa shape index (κ3) is 4.66. The van der Waals surface area contributed by atoms with E-state index in [-0.39, 0.29) is 17.3 Å². The first-order valence-electron chi connectivity index (χ1n) is 12.4. The molecule has 2 aliphatic heterocycles. The van der Waals surface area contributed by atoms with Crippen LogP contribution in [0.25, 0.3) is 0 Å². The summed E-state index contributed by atoms with van der Waals surface area (Å²) < 4.78 is 15.2. The fourth-order valence-electron chi connectivity index (χ4n) is 5.11. The summed E-state index contributed by atoms with van der Waals surface area (Å²) in [7, 11) is 0. The van der Waals surface area contributed by atoms with Gasteiger partial charge in [0.1, 0.15) is 17.6 Å². The van der Waals surface area contributed by atoms with Crippen molar-refractivity contribution in [2.24, 2.45) is 5.92 Å². The largest absolute Gasteiger partial charge is 0.325 e. The molecule has 11 heteroatoms. The highest BCUT2D eigenvalue weighted by atomic mass is 35.5. The molecule has 3 amide bonds. The number of halogens is 2. The number of aromatic nitrogens is 1. The molecular formula is C29H21ClFN3O4S2. The molecular weight excluding hydrogens is 573 g/mol. The number of hydrogen-bond donors (Lipinski definition) is 1. The van der Waals surface area contributed by atoms with Crippen molar-refractivity contribution in [3.63, 3.8) is 0 Å². The number of amides is 3. The van der Waals surface area contributed by atoms with Crippen LogP contribution in [0.5, 0.6) is 0 Å². The van der Waals surface area contributed by atoms with Crippen LogP contribution >= 0.6 is 34.7 Å². The second-order valence-corrected chi connectivity index (χ2v) is 12.2. The average molecular weight is 594 g/mol. The van der Waals surface area contributed by atoms with Crippen molar-refractivity contribution in [2.45, 2.75) is 29.7 Å². The fourth-order valence-corrected chi connectivity index (χ4v) is 8.01. The van der Waals surface area contributed by atoms with Crippen LogP contribution in [-0.4, -0.2) is 27.5 Å². The summed E-state index contributed by atoms with van der Waals surface area (Å²) >= 11 is 7.99. The Balaban J connectivity index is 1.40. The lowest BCUT2D eigenvalue weighted by molar-refractivity contribution is -0.122. The Kier molecular flexibility index (Phi) is 6.85. The number of nitrogens with one attached hydrogen (secondary N) is 1. The van der Waals surface area contributed by atoms with Crippen molar-refractivity contribution in [2.75, 3.05) is 10.2 Å². The van der Waals surface area contributed by atoms with Crippen LogP contribution in [-0.2, 0) is 20.9 Å². The van der Waals surface area contributed by atoms with Crippen LogP contribution in [0.3, 0.4) is 0 Å². The number of thioether (sulfide) groups is 1. The topological polar surface area (TPSA) is 88.5 Å². The van der Waals surface area contributed by atoms with Gasteiger partial charge in [-0.05, 0) is 61.0 Å². The molecule has 3 aromatic carbocycles. The van der Waals surface area contributed by atoms with Crippen LogP contribution in [0.15, 0.2) is 82.6 Å². The van der Waals surface area contributed by atoms with Crippen molar-refractivity contribution in [3.05, 3.63) is 109 Å². The second-order valence-electron chi connectivity index (χ2n) is 9.62. The van der Waals surface area contributed by atoms with E-state index >= 15 is 0 Å². The van der Waals surface area contributed by atoms with Crippen LogP contribution in [0.1, 0.15) is 21.9 Å². The van der Waals surface area contributed by atoms with Gasteiger partial charge >= 0.3 is 4.87 Å². The molecule has 0 unspecified atom stereocenters. The maximum atomic E-state index is 13.9. The lowest BCUT2D eigenvalue weighted by Crippen LogP contribution is -2.33. The van der Waals surface area contributed by atoms with E-state index in [1.54, 1.807) is 48.5 Å². The Morgan fingerprint density at radius 2 is 1.62 bits per heavy atom. The lowest BCUT2D eigenvalue weighted by Gasteiger charge is -2.30. The molecule has 1 saturated heterocycles. The van der Waals surface area contributed by atoms with E-state index in [2.05, 4.69) is 5.32 Å². The van der Waals surface area contributed by atoms with Crippen LogP contribution in [0, 0.1) is 18.7 Å². The minimum atomic E-state index is -0.823. The quantitative estimate of drug-likeness (QED) is 0.311. The molecule has 2 aliphatic rings. The highest BCUT2D eigenvalue weighted by molar-refractivity contribution is 8.00. The van der Waals surface area contributed by atoms with Gasteiger partial charge in [-0.3, -0.25) is 23.7 Å². The number of nitrogens with zero attached hydrogens (tertiary/aromatic N) is 2. The molecule has 1 N–H and O–H groups in total. The number of fused-ring (bicyclic) bond motifs is 2. The van der Waals surface area contributed by atoms with Gasteiger partial charge in [0.2, 0.25) is 17.7 Å². The molecule has 0 radical (unpaired) electrons. The number of carbonyl (C=O) groups is 3. The molecule has 0 saturated carbocycles. The highest BCUT2D eigenvalue weighted by Gasteiger charge is 2.56. The average Bonchev–Trinajstić information content (AvgIpc) is 3.37. The first kappa shape index (κ1) is 26.5. The van der Waals surface area contributed by atoms with Crippen LogP contribution in [0.2, 0.25) is 5.02 Å². The van der Waals surface area contributed by atoms with E-state index in [0.29, 0.717) is 31.9 Å². The van der Waals surface area contributed by atoms with E-state index < -0.39 is 34.7 Å². The molecule has 6 rings (SSSR count). The number of carbonyl (C=O) groups excluding carboxylic acids is 3. The van der Waals surface area contributed by atoms with Gasteiger partial charge in [0.25, 0.3) is 0 Å². The van der Waals surface area contributed by atoms with Crippen molar-refractivity contribution >= 4 is 63.8 Å². The van der Waals surface area contributed by atoms with E-state index in [9.17, 15) is 23.6 Å². The SMILES string of the molecule is Cc1ccc(N2C(=O)[C@H]3[C@H](c4ccc(F)cc4)c4sc(=O)n(CC(=O)Nc5ccc(Cl)cc5)c4S[C@H]3C2=O)cc1. The van der Waals surface area contributed by atoms with Crippen LogP contribution < -0.4 is 15.1 Å². The number of imide groups is 1. The van der Waals surface area contributed by atoms with Gasteiger partial charge in [0.15, 0.2) is 0 Å². The Morgan fingerprint density at radius 3 is 2.30 bits per heavy atom. The molecule has 7 nitrogen and oxygen atoms in total. The monoisotopic (exact) mass is 593 g/mol. The first-order chi connectivity index (χ1) is 19.2. The fraction of sp³-hybridized carbons (Fsp3) is 0.172. The van der Waals surface area contributed by atoms with Gasteiger partial charge in [0.05, 0.1) is 16.6 Å². The third-order valence-electron chi connectivity index (χ3n) is 7.00. The minimum Gasteiger partial charge on any atom is -0.325 e. The van der Waals surface area contributed by atoms with E-state index in [1.807, 2.05) is 19.1 Å². The number of hydrogen-bond acceptors (Lipinski definition) is 6. The standard InChI is InChI=1S/C29H21ClFN3O4S2/c1-15-2-12-20(13-3-15)34-26(36)23-22(16-4-8-18(31)9-5-16)25-28(39-24(23)27(34)37)33(29(38)40-25)14-21(35)32-19-10-6-17(30)7-11-19/h2-13,22-24H,14H2,1H3,(H,32,35)/t22-,23-,24+/m0/s1. The molecule has 202 valence electrons. The predicted octanol–water partition coefficient (Wildman–Crippen LogP) is 5.45. The van der Waals surface area contributed by atoms with E-state index in [1.165, 1.54) is 21.6 Å². The zero-order valence-electron chi connectivity index (χ0n) is 21.0. The van der Waals surface area contributed by atoms with Gasteiger partial charge in [-0.2, -0.15) is 0 Å². The summed E-state index contributed by atoms with van der Waals surface area (Å²) in [4.78, 5) is 55.1. The van der Waals surface area contributed by atoms with Gasteiger partial charge in [-0.25, -0.2) is 9.29 Å². The number of anilines is 2. The van der Waals surface area contributed by atoms with Crippen LogP contribution in [0.4, 0.5) is 15.8 Å². The number of aryl methyl sites for hydroxylation is 1. The Bertz CT molecular complexity index is 1700. The van der Waals surface area contributed by atoms with Crippen molar-refractivity contribution in [3.8, 4) is 0 Å². The van der Waals surface area contributed by atoms with Gasteiger partial charge in [0, 0.05) is 21.5 Å². The number of benzene rings is 3. The maximum absolute atomic E-state index is 13.9. The van der Waals surface area contributed by atoms with E-state index in [0.717, 1.165) is 28.7 Å². The van der Waals surface area contributed by atoms with Gasteiger partial charge < -0.3 is 5.32 Å². The van der Waals surface area contributed by atoms with E-state index in [4.69, 9.17) is 11.6 Å². The lowest BCUT2D eigenvalue weighted by atomic mass is 9.83. The Morgan fingerprint density at radius 1 is 0.950 bits per heavy atom. The molecule has 1 fully saturated rings. The zero-order valence-corrected chi connectivity index (χ0v) is 23.4. The summed E-state index contributed by atoms with van der Waals surface area (Å²) in [5.41, 5.74) is 2.59. The second kappa shape index (κ2) is 10.3. The molecule has 3 heterocycles. The Hall–Kier alpha value is -3.73. The molecule has 0 spiro atoms. The first-order valence-corrected chi connectivity index (χ1v) is 14.4. The van der Waals surface area contributed by atoms with Crippen molar-refractivity contribution in [1.29, 1.82) is 0 Å². The maximum Gasteiger partial charge on any atom is 0.308 e. The van der Waals surface area contributed by atoms with Crippen molar-refractivity contribution in [1.82, 2.24) is 4.57 Å². The predicted molar refractivity (Wildman–Crippen MR) is 154 cm³/mol. The number of rotatable bonds is 5. The molecule has 0 bridgehead atoms. The van der Waals surface area contributed by atoms with Crippen molar-refractivity contribution < 1.29 is 18.8 Å². The molecule has 3 atom stereocenters. The summed E-state index contributed by atoms with van der Waals surface area (Å²) in [5, 5.41) is 2.91. The minimum absolute atomic E-state index is 0.280. The number of thiazole rings is 1. The molecule has 4 aromatic rings. The molecule has 1 aromatic heterocycles.